The first-order valence-electron chi connectivity index (χ1n) is 11.1. The molecule has 1 amide bonds. The van der Waals surface area contributed by atoms with Gasteiger partial charge in [-0.15, -0.1) is 0 Å². The maximum atomic E-state index is 13.2. The number of aromatic nitrogens is 6. The Balaban J connectivity index is 1.51. The molecule has 1 fully saturated rings. The van der Waals surface area contributed by atoms with Crippen molar-refractivity contribution in [1.82, 2.24) is 24.4 Å². The first kappa shape index (κ1) is 22.3. The number of rotatable bonds is 7. The van der Waals surface area contributed by atoms with Crippen molar-refractivity contribution < 1.29 is 19.2 Å². The molecule has 0 radical (unpaired) electrons. The Hall–Kier alpha value is -3.50. The number of hydrogen-bond donors (Lipinski definition) is 2. The zero-order chi connectivity index (χ0) is 23.7. The van der Waals surface area contributed by atoms with Crippen LogP contribution in [0, 0.1) is 5.92 Å². The molecule has 0 aromatic carbocycles. The number of carbonyl (C=O) groups is 1. The molecule has 34 heavy (non-hydrogen) atoms. The average Bonchev–Trinajstić information content (AvgIpc) is 3.59. The number of fused-ring (bicyclic) bond motifs is 1. The maximum absolute atomic E-state index is 13.2. The van der Waals surface area contributed by atoms with Gasteiger partial charge in [-0.25, -0.2) is 9.50 Å². The molecule has 0 unspecified atom stereocenters. The van der Waals surface area contributed by atoms with E-state index >= 15 is 0 Å². The minimum atomic E-state index is -0.520. The first-order chi connectivity index (χ1) is 16.5. The number of ether oxygens (including phenoxy) is 1. The molecule has 0 bridgehead atoms. The predicted molar refractivity (Wildman–Crippen MR) is 124 cm³/mol. The fourth-order valence-corrected chi connectivity index (χ4v) is 4.58. The minimum Gasteiger partial charge on any atom is -0.465 e. The summed E-state index contributed by atoms with van der Waals surface area (Å²) in [7, 11) is 1.55. The third kappa shape index (κ3) is 4.34. The van der Waals surface area contributed by atoms with Crippen LogP contribution in [0.5, 0.6) is 5.88 Å². The number of anilines is 1. The van der Waals surface area contributed by atoms with Crippen LogP contribution < -0.4 is 14.6 Å². The zero-order valence-corrected chi connectivity index (χ0v) is 19.4. The Bertz CT molecular complexity index is 1330. The van der Waals surface area contributed by atoms with Gasteiger partial charge in [0.05, 0.1) is 42.3 Å². The second-order valence-electron chi connectivity index (χ2n) is 8.36. The molecular formula is C23H25ClN7O3+. The fraction of sp³-hybridized carbons (Fsp3) is 0.348. The number of halogens is 1. The van der Waals surface area contributed by atoms with Gasteiger partial charge in [-0.2, -0.15) is 14.3 Å². The lowest BCUT2D eigenvalue weighted by Gasteiger charge is -2.15. The lowest BCUT2D eigenvalue weighted by Crippen LogP contribution is -2.34. The van der Waals surface area contributed by atoms with Crippen molar-refractivity contribution >= 4 is 28.8 Å². The van der Waals surface area contributed by atoms with Crippen LogP contribution in [0.25, 0.3) is 11.5 Å². The van der Waals surface area contributed by atoms with Crippen molar-refractivity contribution in [3.8, 4) is 11.7 Å². The summed E-state index contributed by atoms with van der Waals surface area (Å²) >= 11 is 6.25. The lowest BCUT2D eigenvalue weighted by atomic mass is 10.0. The number of aliphatic hydroxyl groups excluding tert-OH is 1. The summed E-state index contributed by atoms with van der Waals surface area (Å²) in [4.78, 5) is 17.4. The van der Waals surface area contributed by atoms with Crippen LogP contribution in [0.3, 0.4) is 0 Å². The topological polar surface area (TPSA) is 110 Å². The van der Waals surface area contributed by atoms with Crippen molar-refractivity contribution in [2.24, 2.45) is 5.92 Å². The molecule has 1 aliphatic carbocycles. The number of carbonyl (C=O) groups excluding carboxylic acids is 1. The van der Waals surface area contributed by atoms with Gasteiger partial charge in [-0.3, -0.25) is 4.79 Å². The van der Waals surface area contributed by atoms with Crippen LogP contribution in [0.15, 0.2) is 49.2 Å². The standard InChI is InChI=1S/C23H24ClN7O3/c1-34-20-8-7-16(24)12-30(20)22-18(13-29(28-22)14-19(32)15-5-2-3-6-15)27-23(33)17-11-26-31-10-4-9-25-21(17)31/h4,7-13,15,19,32H,2-3,5-6,14H2,1H3/p+1/t19-/m0/s1. The van der Waals surface area contributed by atoms with Crippen LogP contribution in [0.1, 0.15) is 36.0 Å². The molecule has 2 N–H and O–H groups in total. The largest absolute Gasteiger partial charge is 0.465 e. The molecule has 1 atom stereocenters. The van der Waals surface area contributed by atoms with Gasteiger partial charge >= 0.3 is 5.82 Å². The molecule has 11 heteroatoms. The molecule has 176 valence electrons. The van der Waals surface area contributed by atoms with Gasteiger partial charge in [0, 0.05) is 18.5 Å². The summed E-state index contributed by atoms with van der Waals surface area (Å²) in [6.45, 7) is 0.315. The monoisotopic (exact) mass is 482 g/mol. The summed E-state index contributed by atoms with van der Waals surface area (Å²) in [5, 5.41) is 23.0. The van der Waals surface area contributed by atoms with Gasteiger partial charge in [-0.1, -0.05) is 24.4 Å². The Labute approximate surface area is 200 Å². The van der Waals surface area contributed by atoms with E-state index in [1.807, 2.05) is 0 Å². The molecule has 0 spiro atoms. The highest BCUT2D eigenvalue weighted by atomic mass is 35.5. The van der Waals surface area contributed by atoms with Gasteiger partial charge in [0.25, 0.3) is 11.8 Å². The van der Waals surface area contributed by atoms with E-state index in [0.717, 1.165) is 25.7 Å². The van der Waals surface area contributed by atoms with Crippen LogP contribution in [0.2, 0.25) is 5.02 Å². The quantitative estimate of drug-likeness (QED) is 0.392. The van der Waals surface area contributed by atoms with E-state index in [9.17, 15) is 9.90 Å². The smallest absolute Gasteiger partial charge is 0.381 e. The third-order valence-corrected chi connectivity index (χ3v) is 6.37. The normalized spacial score (nSPS) is 15.0. The van der Waals surface area contributed by atoms with E-state index < -0.39 is 6.10 Å². The number of nitrogens with one attached hydrogen (secondary N) is 1. The van der Waals surface area contributed by atoms with Gasteiger partial charge in [0.2, 0.25) is 0 Å². The van der Waals surface area contributed by atoms with E-state index in [4.69, 9.17) is 16.3 Å². The van der Waals surface area contributed by atoms with Crippen molar-refractivity contribution in [2.75, 3.05) is 12.4 Å². The molecule has 1 saturated carbocycles. The molecule has 1 aliphatic rings. The Morgan fingerprint density at radius 3 is 3.00 bits per heavy atom. The van der Waals surface area contributed by atoms with Crippen LogP contribution >= 0.6 is 11.6 Å². The zero-order valence-electron chi connectivity index (χ0n) is 18.6. The fourth-order valence-electron chi connectivity index (χ4n) is 4.42. The first-order valence-corrected chi connectivity index (χ1v) is 11.5. The summed E-state index contributed by atoms with van der Waals surface area (Å²) in [5.41, 5.74) is 1.21. The molecule has 5 rings (SSSR count). The molecule has 0 saturated heterocycles. The van der Waals surface area contributed by atoms with Crippen LogP contribution in [-0.4, -0.2) is 48.6 Å². The van der Waals surface area contributed by atoms with Crippen LogP contribution in [0.4, 0.5) is 5.69 Å². The predicted octanol–water partition coefficient (Wildman–Crippen LogP) is 2.67. The summed E-state index contributed by atoms with van der Waals surface area (Å²) in [5.74, 6) is 0.770. The maximum Gasteiger partial charge on any atom is 0.381 e. The summed E-state index contributed by atoms with van der Waals surface area (Å²) in [6.07, 6.45) is 11.9. The number of hydrogen-bond acceptors (Lipinski definition) is 6. The molecule has 4 heterocycles. The van der Waals surface area contributed by atoms with Crippen molar-refractivity contribution in [2.45, 2.75) is 38.3 Å². The number of nitrogens with zero attached hydrogens (tertiary/aromatic N) is 6. The Morgan fingerprint density at radius 2 is 2.21 bits per heavy atom. The minimum absolute atomic E-state index is 0.254. The van der Waals surface area contributed by atoms with Crippen molar-refractivity contribution in [3.63, 3.8) is 0 Å². The number of pyridine rings is 1. The highest BCUT2D eigenvalue weighted by molar-refractivity contribution is 6.30. The van der Waals surface area contributed by atoms with Crippen molar-refractivity contribution in [3.05, 3.63) is 59.8 Å². The van der Waals surface area contributed by atoms with E-state index in [1.54, 1.807) is 59.3 Å². The SMILES string of the molecule is COc1ccc(Cl)c[n+]1-c1nn(C[C@H](O)C2CCCC2)cc1NC(=O)c1cnn2cccnc12. The van der Waals surface area contributed by atoms with Crippen LogP contribution in [-0.2, 0) is 6.54 Å². The van der Waals surface area contributed by atoms with Gasteiger partial charge in [0.1, 0.15) is 11.8 Å². The molecular weight excluding hydrogens is 458 g/mol. The lowest BCUT2D eigenvalue weighted by molar-refractivity contribution is -0.605. The highest BCUT2D eigenvalue weighted by Crippen LogP contribution is 2.29. The van der Waals surface area contributed by atoms with Crippen molar-refractivity contribution in [1.29, 1.82) is 0 Å². The molecule has 10 nitrogen and oxygen atoms in total. The molecule has 0 aliphatic heterocycles. The molecule has 4 aromatic rings. The number of amides is 1. The van der Waals surface area contributed by atoms with Gasteiger partial charge in [-0.05, 0) is 30.9 Å². The van der Waals surface area contributed by atoms with E-state index in [2.05, 4.69) is 20.5 Å². The second kappa shape index (κ2) is 9.40. The second-order valence-corrected chi connectivity index (χ2v) is 8.80. The van der Waals surface area contributed by atoms with Gasteiger partial charge < -0.3 is 15.2 Å². The number of methoxy groups -OCH3 is 1. The molecule has 4 aromatic heterocycles. The van der Waals surface area contributed by atoms with E-state index in [-0.39, 0.29) is 11.8 Å². The van der Waals surface area contributed by atoms with E-state index in [0.29, 0.717) is 40.2 Å². The highest BCUT2D eigenvalue weighted by Gasteiger charge is 2.30. The Morgan fingerprint density at radius 1 is 1.38 bits per heavy atom. The summed E-state index contributed by atoms with van der Waals surface area (Å²) < 4.78 is 10.3. The van der Waals surface area contributed by atoms with E-state index in [1.165, 1.54) is 10.7 Å². The summed E-state index contributed by atoms with van der Waals surface area (Å²) in [6, 6.07) is 5.16. The average molecular weight is 483 g/mol. The van der Waals surface area contributed by atoms with Gasteiger partial charge in [0.15, 0.2) is 11.3 Å². The number of aliphatic hydroxyl groups is 1. The Kier molecular flexibility index (Phi) is 6.16. The third-order valence-electron chi connectivity index (χ3n) is 6.14.